The van der Waals surface area contributed by atoms with Crippen LogP contribution in [0.1, 0.15) is 45.0 Å². The SMILES string of the molecule is CCn1c2ccccc2c2cc(C(=O)NCCN(C(C)C)C(C)C)ccc21. The third-order valence-electron chi connectivity index (χ3n) is 5.33. The Morgan fingerprint density at radius 3 is 2.33 bits per heavy atom. The predicted molar refractivity (Wildman–Crippen MR) is 114 cm³/mol. The minimum Gasteiger partial charge on any atom is -0.351 e. The number of nitrogens with one attached hydrogen (secondary N) is 1. The number of nitrogens with zero attached hydrogens (tertiary/aromatic N) is 2. The average molecular weight is 366 g/mol. The highest BCUT2D eigenvalue weighted by molar-refractivity contribution is 6.10. The van der Waals surface area contributed by atoms with E-state index in [1.807, 2.05) is 12.1 Å². The molecule has 0 atom stereocenters. The standard InChI is InChI=1S/C23H31N3O/c1-6-25-21-10-8-7-9-19(21)20-15-18(11-12-22(20)25)23(27)24-13-14-26(16(2)3)17(4)5/h7-12,15-17H,6,13-14H2,1-5H3,(H,24,27). The van der Waals surface area contributed by atoms with Crippen LogP contribution in [-0.4, -0.2) is 40.5 Å². The number of benzene rings is 2. The quantitative estimate of drug-likeness (QED) is 0.661. The lowest BCUT2D eigenvalue weighted by atomic mass is 10.1. The van der Waals surface area contributed by atoms with Gasteiger partial charge in [-0.2, -0.15) is 0 Å². The zero-order valence-electron chi connectivity index (χ0n) is 17.1. The number of rotatable bonds is 7. The van der Waals surface area contributed by atoms with Crippen LogP contribution in [-0.2, 0) is 6.54 Å². The third kappa shape index (κ3) is 3.86. The summed E-state index contributed by atoms with van der Waals surface area (Å²) in [6.45, 7) is 13.4. The molecule has 3 rings (SSSR count). The van der Waals surface area contributed by atoms with E-state index in [1.165, 1.54) is 16.4 Å². The van der Waals surface area contributed by atoms with E-state index in [4.69, 9.17) is 0 Å². The molecule has 0 radical (unpaired) electrons. The number of hydrogen-bond acceptors (Lipinski definition) is 2. The van der Waals surface area contributed by atoms with Gasteiger partial charge in [-0.25, -0.2) is 0 Å². The molecular formula is C23H31N3O. The van der Waals surface area contributed by atoms with Crippen LogP contribution in [0, 0.1) is 0 Å². The zero-order valence-corrected chi connectivity index (χ0v) is 17.1. The maximum absolute atomic E-state index is 12.7. The first kappa shape index (κ1) is 19.4. The third-order valence-corrected chi connectivity index (χ3v) is 5.33. The lowest BCUT2D eigenvalue weighted by Crippen LogP contribution is -2.42. The van der Waals surface area contributed by atoms with E-state index < -0.39 is 0 Å². The van der Waals surface area contributed by atoms with E-state index in [2.05, 4.69) is 79.7 Å². The molecule has 1 N–H and O–H groups in total. The fourth-order valence-electron chi connectivity index (χ4n) is 4.05. The van der Waals surface area contributed by atoms with Crippen LogP contribution < -0.4 is 5.32 Å². The molecule has 0 aliphatic rings. The molecule has 1 heterocycles. The largest absolute Gasteiger partial charge is 0.351 e. The maximum atomic E-state index is 12.7. The van der Waals surface area contributed by atoms with Gasteiger partial charge in [-0.15, -0.1) is 0 Å². The highest BCUT2D eigenvalue weighted by Gasteiger charge is 2.15. The van der Waals surface area contributed by atoms with Gasteiger partial charge in [0.1, 0.15) is 0 Å². The summed E-state index contributed by atoms with van der Waals surface area (Å²) in [4.78, 5) is 15.1. The molecular weight excluding hydrogens is 334 g/mol. The van der Waals surface area contributed by atoms with Crippen molar-refractivity contribution in [1.82, 2.24) is 14.8 Å². The molecule has 4 heteroatoms. The summed E-state index contributed by atoms with van der Waals surface area (Å²) < 4.78 is 2.30. The Kier molecular flexibility index (Phi) is 5.85. The molecule has 27 heavy (non-hydrogen) atoms. The Bertz CT molecular complexity index is 931. The molecule has 1 amide bonds. The number of aromatic nitrogens is 1. The highest BCUT2D eigenvalue weighted by Crippen LogP contribution is 2.29. The van der Waals surface area contributed by atoms with Gasteiger partial charge >= 0.3 is 0 Å². The van der Waals surface area contributed by atoms with Crippen molar-refractivity contribution < 1.29 is 4.79 Å². The van der Waals surface area contributed by atoms with Gasteiger partial charge in [0.05, 0.1) is 0 Å². The number of para-hydroxylation sites is 1. The Labute approximate surface area is 162 Å². The van der Waals surface area contributed by atoms with Crippen molar-refractivity contribution in [2.24, 2.45) is 0 Å². The fourth-order valence-corrected chi connectivity index (χ4v) is 4.05. The lowest BCUT2D eigenvalue weighted by Gasteiger charge is -2.30. The van der Waals surface area contributed by atoms with E-state index in [-0.39, 0.29) is 5.91 Å². The van der Waals surface area contributed by atoms with Crippen molar-refractivity contribution in [2.75, 3.05) is 13.1 Å². The van der Waals surface area contributed by atoms with E-state index in [0.29, 0.717) is 18.6 Å². The van der Waals surface area contributed by atoms with E-state index >= 15 is 0 Å². The van der Waals surface area contributed by atoms with Crippen LogP contribution in [0.25, 0.3) is 21.8 Å². The molecule has 2 aromatic carbocycles. The number of carbonyl (C=O) groups excluding carboxylic acids is 1. The smallest absolute Gasteiger partial charge is 0.251 e. The number of hydrogen-bond donors (Lipinski definition) is 1. The van der Waals surface area contributed by atoms with Crippen LogP contribution in [0.4, 0.5) is 0 Å². The molecule has 0 saturated carbocycles. The summed E-state index contributed by atoms with van der Waals surface area (Å²) in [6, 6.07) is 15.4. The normalized spacial score (nSPS) is 12.0. The Morgan fingerprint density at radius 2 is 1.67 bits per heavy atom. The summed E-state index contributed by atoms with van der Waals surface area (Å²) in [5, 5.41) is 5.43. The van der Waals surface area contributed by atoms with E-state index in [1.54, 1.807) is 0 Å². The first-order chi connectivity index (χ1) is 12.9. The van der Waals surface area contributed by atoms with Crippen molar-refractivity contribution in [1.29, 1.82) is 0 Å². The molecule has 1 aromatic heterocycles. The molecule has 4 nitrogen and oxygen atoms in total. The Morgan fingerprint density at radius 1 is 1.00 bits per heavy atom. The Balaban J connectivity index is 1.81. The minimum absolute atomic E-state index is 0.00214. The van der Waals surface area contributed by atoms with Crippen LogP contribution >= 0.6 is 0 Å². The van der Waals surface area contributed by atoms with Gasteiger partial charge in [0.15, 0.2) is 0 Å². The van der Waals surface area contributed by atoms with Gasteiger partial charge in [-0.1, -0.05) is 18.2 Å². The molecule has 0 unspecified atom stereocenters. The number of fused-ring (bicyclic) bond motifs is 3. The predicted octanol–water partition coefficient (Wildman–Crippen LogP) is 4.66. The van der Waals surface area contributed by atoms with Crippen molar-refractivity contribution in [3.05, 3.63) is 48.0 Å². The molecule has 0 aliphatic heterocycles. The van der Waals surface area contributed by atoms with Gasteiger partial charge in [0.2, 0.25) is 0 Å². The zero-order chi connectivity index (χ0) is 19.6. The van der Waals surface area contributed by atoms with Crippen molar-refractivity contribution in [3.63, 3.8) is 0 Å². The molecule has 0 fully saturated rings. The molecule has 0 saturated heterocycles. The summed E-state index contributed by atoms with van der Waals surface area (Å²) in [6.07, 6.45) is 0. The minimum atomic E-state index is -0.00214. The van der Waals surface area contributed by atoms with Crippen LogP contribution in [0.5, 0.6) is 0 Å². The topological polar surface area (TPSA) is 37.3 Å². The second kappa shape index (κ2) is 8.13. The monoisotopic (exact) mass is 365 g/mol. The summed E-state index contributed by atoms with van der Waals surface area (Å²) >= 11 is 0. The number of carbonyl (C=O) groups is 1. The Hall–Kier alpha value is -2.33. The average Bonchev–Trinajstić information content (AvgIpc) is 2.97. The second-order valence-electron chi connectivity index (χ2n) is 7.67. The molecule has 0 aliphatic carbocycles. The van der Waals surface area contributed by atoms with Crippen molar-refractivity contribution in [3.8, 4) is 0 Å². The van der Waals surface area contributed by atoms with Gasteiger partial charge in [0, 0.05) is 59.1 Å². The molecule has 0 bridgehead atoms. The van der Waals surface area contributed by atoms with Crippen LogP contribution in [0.3, 0.4) is 0 Å². The summed E-state index contributed by atoms with van der Waals surface area (Å²) in [5.41, 5.74) is 3.13. The van der Waals surface area contributed by atoms with Crippen molar-refractivity contribution in [2.45, 2.75) is 53.2 Å². The van der Waals surface area contributed by atoms with Gasteiger partial charge < -0.3 is 9.88 Å². The van der Waals surface area contributed by atoms with E-state index in [0.717, 1.165) is 24.0 Å². The highest BCUT2D eigenvalue weighted by atomic mass is 16.1. The number of amides is 1. The van der Waals surface area contributed by atoms with Crippen LogP contribution in [0.15, 0.2) is 42.5 Å². The summed E-state index contributed by atoms with van der Waals surface area (Å²) in [7, 11) is 0. The summed E-state index contributed by atoms with van der Waals surface area (Å²) in [5.74, 6) is -0.00214. The van der Waals surface area contributed by atoms with Gasteiger partial charge in [-0.3, -0.25) is 9.69 Å². The van der Waals surface area contributed by atoms with Gasteiger partial charge in [-0.05, 0) is 58.9 Å². The maximum Gasteiger partial charge on any atom is 0.251 e. The first-order valence-electron chi connectivity index (χ1n) is 9.99. The lowest BCUT2D eigenvalue weighted by molar-refractivity contribution is 0.0939. The number of aryl methyl sites for hydroxylation is 1. The van der Waals surface area contributed by atoms with Gasteiger partial charge in [0.25, 0.3) is 5.91 Å². The molecule has 0 spiro atoms. The van der Waals surface area contributed by atoms with Crippen LogP contribution in [0.2, 0.25) is 0 Å². The first-order valence-corrected chi connectivity index (χ1v) is 9.99. The second-order valence-corrected chi connectivity index (χ2v) is 7.67. The molecule has 3 aromatic rings. The molecule has 144 valence electrons. The fraction of sp³-hybridized carbons (Fsp3) is 0.435. The van der Waals surface area contributed by atoms with E-state index in [9.17, 15) is 4.79 Å². The van der Waals surface area contributed by atoms with Crippen molar-refractivity contribution >= 4 is 27.7 Å².